The Hall–Kier alpha value is -3.13. The first kappa shape index (κ1) is 26.5. The van der Waals surface area contributed by atoms with Gasteiger partial charge in [-0.2, -0.15) is 13.2 Å². The first-order chi connectivity index (χ1) is 16.3. The van der Waals surface area contributed by atoms with Crippen LogP contribution in [0.1, 0.15) is 22.3 Å². The molecule has 3 rings (SSSR count). The van der Waals surface area contributed by atoms with Gasteiger partial charge in [0.1, 0.15) is 0 Å². The van der Waals surface area contributed by atoms with Gasteiger partial charge in [0.2, 0.25) is 0 Å². The Balaban J connectivity index is 1.74. The maximum Gasteiger partial charge on any atom is 0.416 e. The first-order valence-corrected chi connectivity index (χ1v) is 12.7. The number of hydrogen-bond acceptors (Lipinski definition) is 8. The zero-order valence-corrected chi connectivity index (χ0v) is 19.8. The van der Waals surface area contributed by atoms with Crippen LogP contribution in [0.4, 0.5) is 18.9 Å². The second-order valence-electron chi connectivity index (χ2n) is 7.67. The number of carbonyl (C=O) groups is 2. The van der Waals surface area contributed by atoms with E-state index >= 15 is 0 Å². The molecule has 35 heavy (non-hydrogen) atoms. The molecule has 0 aromatic heterocycles. The Morgan fingerprint density at radius 2 is 1.89 bits per heavy atom. The highest BCUT2D eigenvalue weighted by molar-refractivity contribution is 7.99. The fraction of sp³-hybridized carbons (Fsp3) is 0.333. The van der Waals surface area contributed by atoms with E-state index in [2.05, 4.69) is 0 Å². The molecule has 0 aliphatic carbocycles. The van der Waals surface area contributed by atoms with Gasteiger partial charge in [0.25, 0.3) is 11.6 Å². The average molecular weight is 533 g/mol. The van der Waals surface area contributed by atoms with Crippen molar-refractivity contribution >= 4 is 39.2 Å². The van der Waals surface area contributed by atoms with Crippen LogP contribution in [0.5, 0.6) is 0 Å². The van der Waals surface area contributed by atoms with E-state index in [0.29, 0.717) is 23.9 Å². The third-order valence-electron chi connectivity index (χ3n) is 5.29. The lowest BCUT2D eigenvalue weighted by Crippen LogP contribution is -2.40. The largest absolute Gasteiger partial charge is 0.452 e. The highest BCUT2D eigenvalue weighted by Gasteiger charge is 2.34. The van der Waals surface area contributed by atoms with Crippen molar-refractivity contribution in [1.29, 1.82) is 0 Å². The molecule has 1 saturated heterocycles. The van der Waals surface area contributed by atoms with Crippen LogP contribution in [0.2, 0.25) is 0 Å². The zero-order valence-electron chi connectivity index (χ0n) is 18.1. The molecule has 0 spiro atoms. The van der Waals surface area contributed by atoms with E-state index in [1.54, 1.807) is 0 Å². The molecule has 1 aliphatic rings. The number of nitrogens with zero attached hydrogens (tertiary/aromatic N) is 2. The molecule has 2 aromatic carbocycles. The van der Waals surface area contributed by atoms with Crippen molar-refractivity contribution in [3.8, 4) is 0 Å². The number of alkyl halides is 3. The van der Waals surface area contributed by atoms with Crippen LogP contribution in [0.25, 0.3) is 0 Å². The van der Waals surface area contributed by atoms with Crippen molar-refractivity contribution in [2.75, 3.05) is 25.2 Å². The number of esters is 1. The van der Waals surface area contributed by atoms with Gasteiger partial charge in [-0.3, -0.25) is 14.9 Å². The summed E-state index contributed by atoms with van der Waals surface area (Å²) in [6, 6.07) is 7.33. The number of likely N-dealkylation sites (N-methyl/N-ethyl adjacent to an activating group) is 1. The fourth-order valence-corrected chi connectivity index (χ4v) is 6.15. The van der Waals surface area contributed by atoms with Gasteiger partial charge in [-0.05, 0) is 30.7 Å². The molecule has 1 fully saturated rings. The molecule has 0 bridgehead atoms. The molecule has 0 unspecified atom stereocenters. The first-order valence-electron chi connectivity index (χ1n) is 10.0. The second kappa shape index (κ2) is 10.2. The molecule has 2 aromatic rings. The van der Waals surface area contributed by atoms with Crippen molar-refractivity contribution in [3.63, 3.8) is 0 Å². The van der Waals surface area contributed by atoms with E-state index in [1.165, 1.54) is 36.2 Å². The number of ether oxygens (including phenoxy) is 1. The SMILES string of the molecule is CN(C(=O)COC(=O)c1ccccc1Sc1ccc(C(F)(F)F)cc1[N+](=O)[O-])[C@H]1CCS(=O)(=O)C1. The number of hydrogen-bond donors (Lipinski definition) is 0. The summed E-state index contributed by atoms with van der Waals surface area (Å²) < 4.78 is 67.2. The molecule has 1 heterocycles. The van der Waals surface area contributed by atoms with E-state index in [9.17, 15) is 41.3 Å². The van der Waals surface area contributed by atoms with Gasteiger partial charge in [-0.1, -0.05) is 23.9 Å². The summed E-state index contributed by atoms with van der Waals surface area (Å²) in [5.41, 5.74) is -2.01. The summed E-state index contributed by atoms with van der Waals surface area (Å²) in [7, 11) is -1.81. The van der Waals surface area contributed by atoms with Gasteiger partial charge in [0.05, 0.1) is 32.5 Å². The number of nitro benzene ring substituents is 1. The van der Waals surface area contributed by atoms with Crippen LogP contribution in [0, 0.1) is 10.1 Å². The van der Waals surface area contributed by atoms with Gasteiger partial charge >= 0.3 is 12.1 Å². The number of amides is 1. The third kappa shape index (κ3) is 6.51. The monoisotopic (exact) mass is 532 g/mol. The van der Waals surface area contributed by atoms with Gasteiger partial charge in [-0.25, -0.2) is 13.2 Å². The van der Waals surface area contributed by atoms with E-state index in [-0.39, 0.29) is 33.3 Å². The lowest BCUT2D eigenvalue weighted by Gasteiger charge is -2.23. The highest BCUT2D eigenvalue weighted by Crippen LogP contribution is 2.40. The highest BCUT2D eigenvalue weighted by atomic mass is 32.2. The molecule has 1 amide bonds. The van der Waals surface area contributed by atoms with Crippen molar-refractivity contribution in [1.82, 2.24) is 4.90 Å². The molecular weight excluding hydrogens is 513 g/mol. The molecule has 14 heteroatoms. The number of halogens is 3. The maximum absolute atomic E-state index is 13.0. The standard InChI is InChI=1S/C21H19F3N2O7S2/c1-25(14-8-9-35(31,32)12-14)19(27)11-33-20(28)15-4-2-3-5-17(15)34-18-7-6-13(21(22,23)24)10-16(18)26(29)30/h2-7,10,14H,8-9,11-12H2,1H3/t14-/m0/s1. The Morgan fingerprint density at radius 3 is 2.49 bits per heavy atom. The lowest BCUT2D eigenvalue weighted by molar-refractivity contribution is -0.388. The quantitative estimate of drug-likeness (QED) is 0.301. The average Bonchev–Trinajstić information content (AvgIpc) is 3.16. The summed E-state index contributed by atoms with van der Waals surface area (Å²) in [6.07, 6.45) is -4.48. The predicted octanol–water partition coefficient (Wildman–Crippen LogP) is 3.57. The van der Waals surface area contributed by atoms with Crippen LogP contribution in [0.15, 0.2) is 52.3 Å². The minimum Gasteiger partial charge on any atom is -0.452 e. The topological polar surface area (TPSA) is 124 Å². The Labute approximate surface area is 202 Å². The van der Waals surface area contributed by atoms with Crippen LogP contribution < -0.4 is 0 Å². The van der Waals surface area contributed by atoms with Gasteiger partial charge in [0.15, 0.2) is 16.4 Å². The van der Waals surface area contributed by atoms with E-state index < -0.39 is 56.7 Å². The molecule has 188 valence electrons. The third-order valence-corrected chi connectivity index (χ3v) is 8.18. The van der Waals surface area contributed by atoms with E-state index in [1.807, 2.05) is 0 Å². The summed E-state index contributed by atoms with van der Waals surface area (Å²) in [5.74, 6) is -1.74. The summed E-state index contributed by atoms with van der Waals surface area (Å²) >= 11 is 0.706. The van der Waals surface area contributed by atoms with Crippen molar-refractivity contribution < 1.29 is 40.8 Å². The van der Waals surface area contributed by atoms with Crippen molar-refractivity contribution in [2.45, 2.75) is 28.4 Å². The second-order valence-corrected chi connectivity index (χ2v) is 11.0. The van der Waals surface area contributed by atoms with E-state index in [4.69, 9.17) is 4.74 Å². The molecule has 0 radical (unpaired) electrons. The Morgan fingerprint density at radius 1 is 1.20 bits per heavy atom. The molecule has 0 saturated carbocycles. The summed E-state index contributed by atoms with van der Waals surface area (Å²) in [6.45, 7) is -0.661. The predicted molar refractivity (Wildman–Crippen MR) is 119 cm³/mol. The zero-order chi connectivity index (χ0) is 26.0. The Bertz CT molecular complexity index is 1270. The minimum absolute atomic E-state index is 0.0320. The van der Waals surface area contributed by atoms with Gasteiger partial charge < -0.3 is 9.64 Å². The van der Waals surface area contributed by atoms with Crippen molar-refractivity contribution in [3.05, 3.63) is 63.7 Å². The molecule has 9 nitrogen and oxygen atoms in total. The number of benzene rings is 2. The molecular formula is C21H19F3N2O7S2. The normalized spacial score (nSPS) is 17.1. The number of sulfone groups is 1. The van der Waals surface area contributed by atoms with Crippen LogP contribution in [-0.2, 0) is 25.5 Å². The maximum atomic E-state index is 13.0. The van der Waals surface area contributed by atoms with Gasteiger partial charge in [-0.15, -0.1) is 0 Å². The van der Waals surface area contributed by atoms with Gasteiger partial charge in [0, 0.05) is 24.1 Å². The molecule has 1 atom stereocenters. The summed E-state index contributed by atoms with van der Waals surface area (Å²) in [5, 5.41) is 11.4. The van der Waals surface area contributed by atoms with Crippen LogP contribution in [0.3, 0.4) is 0 Å². The van der Waals surface area contributed by atoms with Crippen LogP contribution >= 0.6 is 11.8 Å². The van der Waals surface area contributed by atoms with Crippen LogP contribution in [-0.4, -0.2) is 61.3 Å². The van der Waals surface area contributed by atoms with Crippen molar-refractivity contribution in [2.24, 2.45) is 0 Å². The molecule has 0 N–H and O–H groups in total. The number of carbonyl (C=O) groups excluding carboxylic acids is 2. The fourth-order valence-electron chi connectivity index (χ4n) is 3.36. The number of nitro groups is 1. The van der Waals surface area contributed by atoms with E-state index in [0.717, 1.165) is 6.07 Å². The number of rotatable bonds is 7. The lowest BCUT2D eigenvalue weighted by atomic mass is 10.2. The summed E-state index contributed by atoms with van der Waals surface area (Å²) in [4.78, 5) is 36.7. The smallest absolute Gasteiger partial charge is 0.416 e. The Kier molecular flexibility index (Phi) is 7.74. The molecule has 1 aliphatic heterocycles. The minimum atomic E-state index is -4.77.